The van der Waals surface area contributed by atoms with Crippen LogP contribution in [0.1, 0.15) is 20.7 Å². The van der Waals surface area contributed by atoms with Crippen LogP contribution in [-0.2, 0) is 9.47 Å². The van der Waals surface area contributed by atoms with Gasteiger partial charge in [-0.2, -0.15) is 0 Å². The fraction of sp³-hybridized carbons (Fsp3) is 0.130. The third kappa shape index (κ3) is 6.51. The van der Waals surface area contributed by atoms with Crippen LogP contribution in [0.15, 0.2) is 54.6 Å². The van der Waals surface area contributed by atoms with E-state index in [0.29, 0.717) is 5.75 Å². The second-order valence-corrected chi connectivity index (χ2v) is 7.15. The van der Waals surface area contributed by atoms with Crippen LogP contribution in [0.5, 0.6) is 5.75 Å². The van der Waals surface area contributed by atoms with Crippen molar-refractivity contribution in [2.45, 2.75) is 0 Å². The first-order valence-electron chi connectivity index (χ1n) is 9.76. The van der Waals surface area contributed by atoms with E-state index in [2.05, 4.69) is 9.47 Å². The molecule has 188 valence electrons. The van der Waals surface area contributed by atoms with Crippen LogP contribution in [0, 0.1) is 26.0 Å². The third-order valence-electron chi connectivity index (χ3n) is 4.64. The Hall–Kier alpha value is -4.58. The zero-order valence-electron chi connectivity index (χ0n) is 19.0. The van der Waals surface area contributed by atoms with Crippen LogP contribution < -0.4 is 4.74 Å². The second-order valence-electron chi connectivity index (χ2n) is 6.74. The Balaban J connectivity index is 0.000000281. The van der Waals surface area contributed by atoms with Crippen molar-refractivity contribution >= 4 is 34.9 Å². The number of halogens is 2. The summed E-state index contributed by atoms with van der Waals surface area (Å²) in [6.45, 7) is 0. The molecule has 11 nitrogen and oxygen atoms in total. The summed E-state index contributed by atoms with van der Waals surface area (Å²) in [5.74, 6) is -1.61. The van der Waals surface area contributed by atoms with Gasteiger partial charge in [0.05, 0.1) is 47.9 Å². The van der Waals surface area contributed by atoms with E-state index in [-0.39, 0.29) is 33.0 Å². The third-order valence-corrected chi connectivity index (χ3v) is 4.96. The van der Waals surface area contributed by atoms with Gasteiger partial charge in [0.25, 0.3) is 11.4 Å². The summed E-state index contributed by atoms with van der Waals surface area (Å²) < 4.78 is 27.9. The van der Waals surface area contributed by atoms with Gasteiger partial charge in [0.2, 0.25) is 0 Å². The van der Waals surface area contributed by atoms with E-state index in [1.165, 1.54) is 57.7 Å². The van der Waals surface area contributed by atoms with Gasteiger partial charge in [0.1, 0.15) is 16.6 Å². The topological polar surface area (TPSA) is 148 Å². The molecule has 0 amide bonds. The predicted molar refractivity (Wildman–Crippen MR) is 126 cm³/mol. The normalized spacial score (nSPS) is 9.92. The van der Waals surface area contributed by atoms with Crippen molar-refractivity contribution in [2.24, 2.45) is 0 Å². The Morgan fingerprint density at radius 2 is 1.31 bits per heavy atom. The maximum atomic E-state index is 14.0. The SMILES string of the molecule is COC(=O)c1ccc(-c2cc(OC)ccc2F)c([N+](=O)[O-])c1.COC(=O)c1ccc(Cl)c([N+](=O)[O-])c1. The monoisotopic (exact) mass is 520 g/mol. The van der Waals surface area contributed by atoms with Crippen LogP contribution in [0.3, 0.4) is 0 Å². The standard InChI is InChI=1S/C15H12FNO5.C8H6ClNO4/c1-21-10-4-6-13(16)12(8-10)11-5-3-9(15(18)22-2)7-14(11)17(19)20;1-14-8(11)5-2-3-6(9)7(4-5)10(12)13/h3-8H,1-2H3;2-4H,1H3. The summed E-state index contributed by atoms with van der Waals surface area (Å²) in [6.07, 6.45) is 0. The fourth-order valence-electron chi connectivity index (χ4n) is 2.89. The summed E-state index contributed by atoms with van der Waals surface area (Å²) in [7, 11) is 3.78. The smallest absolute Gasteiger partial charge is 0.338 e. The highest BCUT2D eigenvalue weighted by Gasteiger charge is 2.21. The highest BCUT2D eigenvalue weighted by molar-refractivity contribution is 6.32. The van der Waals surface area contributed by atoms with Gasteiger partial charge in [-0.1, -0.05) is 11.6 Å². The molecule has 0 aliphatic carbocycles. The summed E-state index contributed by atoms with van der Waals surface area (Å²) in [5.41, 5.74) is -0.522. The lowest BCUT2D eigenvalue weighted by Crippen LogP contribution is -2.03. The lowest BCUT2D eigenvalue weighted by molar-refractivity contribution is -0.384. The number of carbonyl (C=O) groups excluding carboxylic acids is 2. The minimum atomic E-state index is -0.708. The summed E-state index contributed by atoms with van der Waals surface area (Å²) >= 11 is 5.55. The fourth-order valence-corrected chi connectivity index (χ4v) is 3.08. The average molecular weight is 521 g/mol. The second kappa shape index (κ2) is 12.2. The number of hydrogen-bond donors (Lipinski definition) is 0. The Bertz CT molecular complexity index is 1330. The number of nitro groups is 2. The summed E-state index contributed by atoms with van der Waals surface area (Å²) in [6, 6.07) is 11.4. The zero-order valence-corrected chi connectivity index (χ0v) is 19.8. The molecule has 0 N–H and O–H groups in total. The van der Waals surface area contributed by atoms with Crippen molar-refractivity contribution in [3.63, 3.8) is 0 Å². The largest absolute Gasteiger partial charge is 0.497 e. The van der Waals surface area contributed by atoms with E-state index in [4.69, 9.17) is 16.3 Å². The maximum Gasteiger partial charge on any atom is 0.338 e. The van der Waals surface area contributed by atoms with E-state index in [9.17, 15) is 34.2 Å². The van der Waals surface area contributed by atoms with E-state index in [1.54, 1.807) is 0 Å². The van der Waals surface area contributed by atoms with Crippen molar-refractivity contribution in [2.75, 3.05) is 21.3 Å². The van der Waals surface area contributed by atoms with Crippen molar-refractivity contribution in [3.05, 3.63) is 96.8 Å². The number of carbonyl (C=O) groups is 2. The van der Waals surface area contributed by atoms with Crippen LogP contribution in [0.25, 0.3) is 11.1 Å². The molecule has 0 saturated carbocycles. The number of methoxy groups -OCH3 is 3. The molecule has 36 heavy (non-hydrogen) atoms. The molecule has 0 radical (unpaired) electrons. The molecule has 0 atom stereocenters. The molecule has 3 aromatic carbocycles. The molecular formula is C23H18ClFN2O9. The van der Waals surface area contributed by atoms with Crippen LogP contribution in [0.2, 0.25) is 5.02 Å². The van der Waals surface area contributed by atoms with Crippen LogP contribution in [0.4, 0.5) is 15.8 Å². The van der Waals surface area contributed by atoms with Gasteiger partial charge >= 0.3 is 11.9 Å². The van der Waals surface area contributed by atoms with Gasteiger partial charge in [-0.25, -0.2) is 14.0 Å². The Labute approximate surface area is 208 Å². The molecule has 3 aromatic rings. The zero-order chi connectivity index (χ0) is 27.0. The van der Waals surface area contributed by atoms with E-state index < -0.39 is 33.3 Å². The van der Waals surface area contributed by atoms with Crippen molar-refractivity contribution in [1.29, 1.82) is 0 Å². The maximum absolute atomic E-state index is 14.0. The molecule has 3 rings (SSSR count). The number of rotatable bonds is 6. The molecule has 0 bridgehead atoms. The van der Waals surface area contributed by atoms with Gasteiger partial charge in [0, 0.05) is 17.7 Å². The Kier molecular flexibility index (Phi) is 9.39. The molecule has 0 saturated heterocycles. The molecule has 0 aliphatic rings. The lowest BCUT2D eigenvalue weighted by atomic mass is 10.0. The van der Waals surface area contributed by atoms with Gasteiger partial charge in [-0.3, -0.25) is 20.2 Å². The van der Waals surface area contributed by atoms with E-state index >= 15 is 0 Å². The van der Waals surface area contributed by atoms with Gasteiger partial charge in [-0.15, -0.1) is 0 Å². The number of nitrogens with zero attached hydrogens (tertiary/aromatic N) is 2. The molecule has 0 heterocycles. The van der Waals surface area contributed by atoms with Gasteiger partial charge < -0.3 is 14.2 Å². The van der Waals surface area contributed by atoms with Crippen molar-refractivity contribution in [3.8, 4) is 16.9 Å². The molecule has 0 unspecified atom stereocenters. The number of nitro benzene ring substituents is 2. The highest BCUT2D eigenvalue weighted by Crippen LogP contribution is 2.34. The average Bonchev–Trinajstić information content (AvgIpc) is 2.88. The quantitative estimate of drug-likeness (QED) is 0.242. The Morgan fingerprint density at radius 3 is 1.81 bits per heavy atom. The van der Waals surface area contributed by atoms with Gasteiger partial charge in [0.15, 0.2) is 0 Å². The first-order chi connectivity index (χ1) is 17.0. The molecule has 13 heteroatoms. The molecule has 0 spiro atoms. The van der Waals surface area contributed by atoms with Crippen LogP contribution >= 0.6 is 11.6 Å². The Morgan fingerprint density at radius 1 is 0.778 bits per heavy atom. The number of hydrogen-bond acceptors (Lipinski definition) is 9. The first-order valence-corrected chi connectivity index (χ1v) is 10.1. The summed E-state index contributed by atoms with van der Waals surface area (Å²) in [5, 5.41) is 21.7. The number of esters is 2. The predicted octanol–water partition coefficient (Wildman–Crippen LogP) is 5.23. The van der Waals surface area contributed by atoms with Crippen molar-refractivity contribution < 1.29 is 38.0 Å². The van der Waals surface area contributed by atoms with Crippen LogP contribution in [-0.4, -0.2) is 43.1 Å². The van der Waals surface area contributed by atoms with Crippen molar-refractivity contribution in [1.82, 2.24) is 0 Å². The summed E-state index contributed by atoms with van der Waals surface area (Å²) in [4.78, 5) is 42.8. The first kappa shape index (κ1) is 27.7. The number of benzene rings is 3. The lowest BCUT2D eigenvalue weighted by Gasteiger charge is -2.08. The highest BCUT2D eigenvalue weighted by atomic mass is 35.5. The number of ether oxygens (including phenoxy) is 3. The van der Waals surface area contributed by atoms with E-state index in [0.717, 1.165) is 18.2 Å². The van der Waals surface area contributed by atoms with E-state index in [1.807, 2.05) is 0 Å². The minimum Gasteiger partial charge on any atom is -0.497 e. The molecule has 0 aliphatic heterocycles. The molecule has 0 fully saturated rings. The molecular weight excluding hydrogens is 503 g/mol. The molecule has 0 aromatic heterocycles. The van der Waals surface area contributed by atoms with Gasteiger partial charge in [-0.05, 0) is 42.5 Å². The minimum absolute atomic E-state index is 0.0114.